The molecule has 0 aliphatic heterocycles. The van der Waals surface area contributed by atoms with Crippen LogP contribution in [0.3, 0.4) is 0 Å². The van der Waals surface area contributed by atoms with Crippen molar-refractivity contribution in [3.05, 3.63) is 58.9 Å². The zero-order chi connectivity index (χ0) is 13.8. The summed E-state index contributed by atoms with van der Waals surface area (Å²) >= 11 is 0. The number of hydrogen-bond donors (Lipinski definition) is 1. The van der Waals surface area contributed by atoms with Crippen LogP contribution in [0.15, 0.2) is 36.7 Å². The van der Waals surface area contributed by atoms with Crippen molar-refractivity contribution in [2.75, 3.05) is 5.73 Å². The molecular formula is C15H16N2O2. The van der Waals surface area contributed by atoms with E-state index in [0.717, 1.165) is 16.7 Å². The molecule has 4 heteroatoms. The molecule has 0 aliphatic carbocycles. The van der Waals surface area contributed by atoms with Crippen molar-refractivity contribution in [1.82, 2.24) is 4.98 Å². The predicted octanol–water partition coefficient (Wildman–Crippen LogP) is 2.64. The molecule has 19 heavy (non-hydrogen) atoms. The number of aryl methyl sites for hydroxylation is 1. The summed E-state index contributed by atoms with van der Waals surface area (Å²) in [6, 6.07) is 7.15. The number of nitrogen functional groups attached to an aromatic ring is 1. The maximum atomic E-state index is 12.0. The van der Waals surface area contributed by atoms with E-state index in [9.17, 15) is 4.79 Å². The van der Waals surface area contributed by atoms with Gasteiger partial charge in [0.25, 0.3) is 0 Å². The van der Waals surface area contributed by atoms with Gasteiger partial charge in [-0.3, -0.25) is 4.98 Å². The molecule has 0 atom stereocenters. The Morgan fingerprint density at radius 2 is 2.11 bits per heavy atom. The number of carbonyl (C=O) groups excluding carboxylic acids is 1. The minimum absolute atomic E-state index is 0.210. The lowest BCUT2D eigenvalue weighted by atomic mass is 10.1. The van der Waals surface area contributed by atoms with Crippen molar-refractivity contribution in [3.8, 4) is 0 Å². The van der Waals surface area contributed by atoms with Gasteiger partial charge in [0.1, 0.15) is 6.61 Å². The Morgan fingerprint density at radius 1 is 1.32 bits per heavy atom. The fourth-order valence-corrected chi connectivity index (χ4v) is 1.80. The Kier molecular flexibility index (Phi) is 3.80. The van der Waals surface area contributed by atoms with Gasteiger partial charge in [0, 0.05) is 23.6 Å². The lowest BCUT2D eigenvalue weighted by molar-refractivity contribution is 0.0471. The average Bonchev–Trinajstić information content (AvgIpc) is 2.39. The highest BCUT2D eigenvalue weighted by molar-refractivity contribution is 5.92. The van der Waals surface area contributed by atoms with E-state index in [2.05, 4.69) is 4.98 Å². The number of ether oxygens (including phenoxy) is 1. The van der Waals surface area contributed by atoms with Gasteiger partial charge < -0.3 is 10.5 Å². The second kappa shape index (κ2) is 5.52. The minimum Gasteiger partial charge on any atom is -0.457 e. The standard InChI is InChI=1S/C15H16N2O2/c1-10-6-12(8-17-7-10)9-19-15(18)13-4-3-5-14(16)11(13)2/h3-8H,9,16H2,1-2H3. The molecule has 0 bridgehead atoms. The molecule has 2 aromatic rings. The summed E-state index contributed by atoms with van der Waals surface area (Å²) in [5.41, 5.74) is 9.51. The van der Waals surface area contributed by atoms with Crippen LogP contribution in [0.1, 0.15) is 27.0 Å². The number of nitrogens with zero attached hydrogens (tertiary/aromatic N) is 1. The number of nitrogens with two attached hydrogens (primary N) is 1. The molecule has 98 valence electrons. The monoisotopic (exact) mass is 256 g/mol. The predicted molar refractivity (Wildman–Crippen MR) is 73.7 cm³/mol. The van der Waals surface area contributed by atoms with E-state index in [-0.39, 0.29) is 12.6 Å². The quantitative estimate of drug-likeness (QED) is 0.677. The molecule has 1 aromatic carbocycles. The summed E-state index contributed by atoms with van der Waals surface area (Å²) in [6.45, 7) is 3.96. The van der Waals surface area contributed by atoms with Gasteiger partial charge in [0.15, 0.2) is 0 Å². The van der Waals surface area contributed by atoms with Crippen molar-refractivity contribution in [2.24, 2.45) is 0 Å². The number of carbonyl (C=O) groups is 1. The van der Waals surface area contributed by atoms with E-state index in [1.807, 2.05) is 13.0 Å². The molecule has 0 unspecified atom stereocenters. The highest BCUT2D eigenvalue weighted by atomic mass is 16.5. The fraction of sp³-hybridized carbons (Fsp3) is 0.200. The van der Waals surface area contributed by atoms with Crippen LogP contribution in [-0.2, 0) is 11.3 Å². The molecule has 0 aliphatic rings. The van der Waals surface area contributed by atoms with Crippen LogP contribution in [0.5, 0.6) is 0 Å². The number of aromatic nitrogens is 1. The number of rotatable bonds is 3. The zero-order valence-electron chi connectivity index (χ0n) is 11.0. The Labute approximate surface area is 112 Å². The number of esters is 1. The Balaban J connectivity index is 2.08. The molecule has 1 aromatic heterocycles. The van der Waals surface area contributed by atoms with Gasteiger partial charge in [0.05, 0.1) is 5.56 Å². The Bertz CT molecular complexity index is 609. The lowest BCUT2D eigenvalue weighted by Gasteiger charge is -2.09. The number of hydrogen-bond acceptors (Lipinski definition) is 4. The van der Waals surface area contributed by atoms with E-state index < -0.39 is 0 Å². The molecule has 2 N–H and O–H groups in total. The summed E-state index contributed by atoms with van der Waals surface area (Å²) in [6.07, 6.45) is 3.44. The van der Waals surface area contributed by atoms with Crippen LogP contribution in [0.25, 0.3) is 0 Å². The maximum absolute atomic E-state index is 12.0. The molecule has 0 radical (unpaired) electrons. The number of benzene rings is 1. The third kappa shape index (κ3) is 3.10. The SMILES string of the molecule is Cc1cncc(COC(=O)c2cccc(N)c2C)c1. The largest absolute Gasteiger partial charge is 0.457 e. The van der Waals surface area contributed by atoms with E-state index >= 15 is 0 Å². The van der Waals surface area contributed by atoms with Gasteiger partial charge in [-0.25, -0.2) is 4.79 Å². The second-order valence-electron chi connectivity index (χ2n) is 4.47. The van der Waals surface area contributed by atoms with Gasteiger partial charge in [-0.1, -0.05) is 6.07 Å². The van der Waals surface area contributed by atoms with Crippen molar-refractivity contribution < 1.29 is 9.53 Å². The number of anilines is 1. The first-order valence-electron chi connectivity index (χ1n) is 6.00. The fourth-order valence-electron chi connectivity index (χ4n) is 1.80. The Morgan fingerprint density at radius 3 is 2.84 bits per heavy atom. The van der Waals surface area contributed by atoms with Gasteiger partial charge in [-0.15, -0.1) is 0 Å². The van der Waals surface area contributed by atoms with E-state index in [4.69, 9.17) is 10.5 Å². The van der Waals surface area contributed by atoms with Gasteiger partial charge in [-0.2, -0.15) is 0 Å². The highest BCUT2D eigenvalue weighted by Gasteiger charge is 2.12. The third-order valence-electron chi connectivity index (χ3n) is 2.90. The molecule has 0 fully saturated rings. The molecule has 2 rings (SSSR count). The molecule has 0 spiro atoms. The normalized spacial score (nSPS) is 10.2. The molecule has 0 amide bonds. The number of pyridine rings is 1. The van der Waals surface area contributed by atoms with Crippen LogP contribution in [0.2, 0.25) is 0 Å². The first kappa shape index (κ1) is 13.1. The first-order chi connectivity index (χ1) is 9.08. The topological polar surface area (TPSA) is 65.2 Å². The summed E-state index contributed by atoms with van der Waals surface area (Å²) < 4.78 is 5.27. The van der Waals surface area contributed by atoms with E-state index in [1.54, 1.807) is 37.5 Å². The minimum atomic E-state index is -0.369. The van der Waals surface area contributed by atoms with E-state index in [0.29, 0.717) is 11.3 Å². The first-order valence-corrected chi connectivity index (χ1v) is 6.00. The molecule has 1 heterocycles. The third-order valence-corrected chi connectivity index (χ3v) is 2.90. The van der Waals surface area contributed by atoms with Gasteiger partial charge in [0.2, 0.25) is 0 Å². The van der Waals surface area contributed by atoms with Crippen LogP contribution < -0.4 is 5.73 Å². The van der Waals surface area contributed by atoms with Crippen LogP contribution in [-0.4, -0.2) is 11.0 Å². The smallest absolute Gasteiger partial charge is 0.338 e. The molecule has 4 nitrogen and oxygen atoms in total. The van der Waals surface area contributed by atoms with E-state index in [1.165, 1.54) is 0 Å². The van der Waals surface area contributed by atoms with Crippen molar-refractivity contribution in [3.63, 3.8) is 0 Å². The Hall–Kier alpha value is -2.36. The molecule has 0 saturated heterocycles. The second-order valence-corrected chi connectivity index (χ2v) is 4.47. The van der Waals surface area contributed by atoms with Crippen LogP contribution in [0.4, 0.5) is 5.69 Å². The van der Waals surface area contributed by atoms with Gasteiger partial charge >= 0.3 is 5.97 Å². The van der Waals surface area contributed by atoms with Crippen molar-refractivity contribution >= 4 is 11.7 Å². The summed E-state index contributed by atoms with van der Waals surface area (Å²) in [5.74, 6) is -0.369. The summed E-state index contributed by atoms with van der Waals surface area (Å²) in [4.78, 5) is 16.0. The molecular weight excluding hydrogens is 240 g/mol. The average molecular weight is 256 g/mol. The van der Waals surface area contributed by atoms with Crippen LogP contribution >= 0.6 is 0 Å². The zero-order valence-corrected chi connectivity index (χ0v) is 11.0. The van der Waals surface area contributed by atoms with Crippen molar-refractivity contribution in [2.45, 2.75) is 20.5 Å². The van der Waals surface area contributed by atoms with Gasteiger partial charge in [-0.05, 0) is 43.2 Å². The maximum Gasteiger partial charge on any atom is 0.338 e. The molecule has 0 saturated carbocycles. The summed E-state index contributed by atoms with van der Waals surface area (Å²) in [7, 11) is 0. The van der Waals surface area contributed by atoms with Crippen LogP contribution in [0, 0.1) is 13.8 Å². The van der Waals surface area contributed by atoms with Crippen molar-refractivity contribution in [1.29, 1.82) is 0 Å². The highest BCUT2D eigenvalue weighted by Crippen LogP contribution is 2.17. The lowest BCUT2D eigenvalue weighted by Crippen LogP contribution is -2.08. The summed E-state index contributed by atoms with van der Waals surface area (Å²) in [5, 5.41) is 0.